The fourth-order valence-electron chi connectivity index (χ4n) is 4.35. The van der Waals surface area contributed by atoms with Gasteiger partial charge in [-0.3, -0.25) is 9.89 Å². The molecule has 0 spiro atoms. The van der Waals surface area contributed by atoms with E-state index in [1.165, 1.54) is 5.56 Å². The largest absolute Gasteiger partial charge is 0.444 e. The first-order valence-electron chi connectivity index (χ1n) is 12.0. The van der Waals surface area contributed by atoms with Crippen LogP contribution in [0.1, 0.15) is 52.0 Å². The molecule has 0 atom stereocenters. The van der Waals surface area contributed by atoms with Crippen molar-refractivity contribution in [1.82, 2.24) is 20.4 Å². The minimum absolute atomic E-state index is 0.194. The molecule has 0 aliphatic carbocycles. The molecule has 0 unspecified atom stereocenters. The van der Waals surface area contributed by atoms with Crippen LogP contribution in [0.15, 0.2) is 35.3 Å². The lowest BCUT2D eigenvalue weighted by molar-refractivity contribution is 0.0185. The highest BCUT2D eigenvalue weighted by Gasteiger charge is 2.27. The van der Waals surface area contributed by atoms with Gasteiger partial charge in [-0.05, 0) is 57.9 Å². The molecule has 1 aromatic rings. The molecule has 0 bridgehead atoms. The van der Waals surface area contributed by atoms with E-state index in [9.17, 15) is 4.79 Å². The summed E-state index contributed by atoms with van der Waals surface area (Å²) in [6.07, 6.45) is 4.03. The fourth-order valence-corrected chi connectivity index (χ4v) is 4.35. The highest BCUT2D eigenvalue weighted by atomic mass is 16.6. The monoisotopic (exact) mass is 443 g/mol. The van der Waals surface area contributed by atoms with Crippen LogP contribution in [0.2, 0.25) is 0 Å². The Morgan fingerprint density at radius 3 is 2.31 bits per heavy atom. The van der Waals surface area contributed by atoms with Crippen LogP contribution >= 0.6 is 0 Å². The first kappa shape index (κ1) is 24.4. The third-order valence-electron chi connectivity index (χ3n) is 6.23. The van der Waals surface area contributed by atoms with Crippen molar-refractivity contribution in [2.24, 2.45) is 10.9 Å². The SMILES string of the molecule is CN=C(NCC1CCN(C(=O)OC(C)(C)C)CC1)NC1CCN(Cc2ccccc2)CC1. The van der Waals surface area contributed by atoms with Crippen molar-refractivity contribution in [1.29, 1.82) is 0 Å². The van der Waals surface area contributed by atoms with Crippen LogP contribution in [-0.2, 0) is 11.3 Å². The van der Waals surface area contributed by atoms with E-state index in [1.54, 1.807) is 0 Å². The zero-order valence-electron chi connectivity index (χ0n) is 20.3. The van der Waals surface area contributed by atoms with Crippen LogP contribution < -0.4 is 10.6 Å². The number of nitrogens with one attached hydrogen (secondary N) is 2. The molecule has 178 valence electrons. The zero-order chi connectivity index (χ0) is 23.0. The number of ether oxygens (including phenoxy) is 1. The summed E-state index contributed by atoms with van der Waals surface area (Å²) in [6, 6.07) is 11.2. The molecule has 3 rings (SSSR count). The van der Waals surface area contributed by atoms with Crippen molar-refractivity contribution in [2.75, 3.05) is 39.8 Å². The van der Waals surface area contributed by atoms with E-state index in [4.69, 9.17) is 4.74 Å². The van der Waals surface area contributed by atoms with E-state index in [0.717, 1.165) is 70.9 Å². The second-order valence-corrected chi connectivity index (χ2v) is 10.0. The van der Waals surface area contributed by atoms with Crippen molar-refractivity contribution in [3.8, 4) is 0 Å². The minimum atomic E-state index is -0.439. The predicted octanol–water partition coefficient (Wildman–Crippen LogP) is 3.46. The topological polar surface area (TPSA) is 69.2 Å². The Balaban J connectivity index is 1.33. The quantitative estimate of drug-likeness (QED) is 0.539. The molecule has 1 amide bonds. The van der Waals surface area contributed by atoms with Crippen LogP contribution in [0.4, 0.5) is 4.79 Å². The van der Waals surface area contributed by atoms with Crippen LogP contribution in [0.5, 0.6) is 0 Å². The van der Waals surface area contributed by atoms with E-state index in [1.807, 2.05) is 32.7 Å². The fraction of sp³-hybridized carbons (Fsp3) is 0.680. The molecule has 2 saturated heterocycles. The third kappa shape index (κ3) is 8.01. The molecule has 7 nitrogen and oxygen atoms in total. The second kappa shape index (κ2) is 11.5. The van der Waals surface area contributed by atoms with Crippen LogP contribution in [0, 0.1) is 5.92 Å². The maximum absolute atomic E-state index is 12.2. The molecule has 0 saturated carbocycles. The molecule has 1 aromatic carbocycles. The van der Waals surface area contributed by atoms with Gasteiger partial charge < -0.3 is 20.3 Å². The van der Waals surface area contributed by atoms with Crippen LogP contribution in [-0.4, -0.2) is 73.3 Å². The summed E-state index contributed by atoms with van der Waals surface area (Å²) >= 11 is 0. The van der Waals surface area contributed by atoms with Crippen molar-refractivity contribution in [3.05, 3.63) is 35.9 Å². The summed E-state index contributed by atoms with van der Waals surface area (Å²) in [5, 5.41) is 7.12. The van der Waals surface area contributed by atoms with Gasteiger partial charge in [0, 0.05) is 52.4 Å². The van der Waals surface area contributed by atoms with Crippen LogP contribution in [0.3, 0.4) is 0 Å². The molecule has 32 heavy (non-hydrogen) atoms. The summed E-state index contributed by atoms with van der Waals surface area (Å²) in [4.78, 5) is 21.0. The first-order chi connectivity index (χ1) is 15.3. The number of carbonyl (C=O) groups excluding carboxylic acids is 1. The minimum Gasteiger partial charge on any atom is -0.444 e. The smallest absolute Gasteiger partial charge is 0.410 e. The van der Waals surface area contributed by atoms with Gasteiger partial charge in [0.2, 0.25) is 0 Å². The van der Waals surface area contributed by atoms with Gasteiger partial charge in [0.25, 0.3) is 0 Å². The van der Waals surface area contributed by atoms with E-state index in [2.05, 4.69) is 50.9 Å². The molecule has 0 aromatic heterocycles. The summed E-state index contributed by atoms with van der Waals surface area (Å²) in [7, 11) is 1.84. The number of piperidine rings is 2. The number of hydrogen-bond donors (Lipinski definition) is 2. The highest BCUT2D eigenvalue weighted by molar-refractivity contribution is 5.80. The zero-order valence-corrected chi connectivity index (χ0v) is 20.3. The molecule has 0 radical (unpaired) electrons. The standard InChI is InChI=1S/C25H41N5O2/c1-25(2,3)32-24(31)30-16-10-20(11-17-30)18-27-23(26-4)28-22-12-14-29(15-13-22)19-21-8-6-5-7-9-21/h5-9,20,22H,10-19H2,1-4H3,(H2,26,27,28). The maximum Gasteiger partial charge on any atom is 0.410 e. The van der Waals surface area contributed by atoms with Crippen molar-refractivity contribution >= 4 is 12.1 Å². The summed E-state index contributed by atoms with van der Waals surface area (Å²) in [5.41, 5.74) is 0.944. The van der Waals surface area contributed by atoms with E-state index in [-0.39, 0.29) is 6.09 Å². The third-order valence-corrected chi connectivity index (χ3v) is 6.23. The summed E-state index contributed by atoms with van der Waals surface area (Å²) in [5.74, 6) is 1.43. The Bertz CT molecular complexity index is 730. The van der Waals surface area contributed by atoms with Gasteiger partial charge in [0.1, 0.15) is 5.60 Å². The van der Waals surface area contributed by atoms with Gasteiger partial charge in [-0.15, -0.1) is 0 Å². The lowest BCUT2D eigenvalue weighted by Crippen LogP contribution is -2.50. The average Bonchev–Trinajstić information content (AvgIpc) is 2.77. The average molecular weight is 444 g/mol. The van der Waals surface area contributed by atoms with Gasteiger partial charge in [0.05, 0.1) is 0 Å². The van der Waals surface area contributed by atoms with E-state index >= 15 is 0 Å². The van der Waals surface area contributed by atoms with Gasteiger partial charge in [0.15, 0.2) is 5.96 Å². The number of carbonyl (C=O) groups is 1. The number of benzene rings is 1. The van der Waals surface area contributed by atoms with Gasteiger partial charge >= 0.3 is 6.09 Å². The van der Waals surface area contributed by atoms with Crippen molar-refractivity contribution in [2.45, 2.75) is 64.6 Å². The lowest BCUT2D eigenvalue weighted by Gasteiger charge is -2.34. The number of guanidine groups is 1. The molecule has 2 aliphatic rings. The molecular weight excluding hydrogens is 402 g/mol. The van der Waals surface area contributed by atoms with Crippen LogP contribution in [0.25, 0.3) is 0 Å². The Hall–Kier alpha value is -2.28. The van der Waals surface area contributed by atoms with Gasteiger partial charge in [-0.25, -0.2) is 4.79 Å². The van der Waals surface area contributed by atoms with Gasteiger partial charge in [-0.2, -0.15) is 0 Å². The molecular formula is C25H41N5O2. The number of nitrogens with zero attached hydrogens (tertiary/aromatic N) is 3. The number of hydrogen-bond acceptors (Lipinski definition) is 4. The lowest BCUT2D eigenvalue weighted by atomic mass is 9.97. The first-order valence-corrected chi connectivity index (χ1v) is 12.0. The maximum atomic E-state index is 12.2. The summed E-state index contributed by atoms with van der Waals surface area (Å²) < 4.78 is 5.49. The molecule has 2 N–H and O–H groups in total. The Morgan fingerprint density at radius 1 is 1.06 bits per heavy atom. The molecule has 2 aliphatic heterocycles. The molecule has 2 fully saturated rings. The normalized spacial score (nSPS) is 19.6. The number of likely N-dealkylation sites (tertiary alicyclic amines) is 2. The molecule has 7 heteroatoms. The van der Waals surface area contributed by atoms with E-state index in [0.29, 0.717) is 12.0 Å². The molecule has 2 heterocycles. The summed E-state index contributed by atoms with van der Waals surface area (Å²) in [6.45, 7) is 11.4. The van der Waals surface area contributed by atoms with Gasteiger partial charge in [-0.1, -0.05) is 30.3 Å². The number of amides is 1. The van der Waals surface area contributed by atoms with E-state index < -0.39 is 5.60 Å². The van der Waals surface area contributed by atoms with Crippen molar-refractivity contribution in [3.63, 3.8) is 0 Å². The number of aliphatic imine (C=N–C) groups is 1. The predicted molar refractivity (Wildman–Crippen MR) is 130 cm³/mol. The highest BCUT2D eigenvalue weighted by Crippen LogP contribution is 2.19. The van der Waals surface area contributed by atoms with Crippen molar-refractivity contribution < 1.29 is 9.53 Å². The Labute approximate surface area is 193 Å². The number of rotatable bonds is 5. The second-order valence-electron chi connectivity index (χ2n) is 10.0. The Kier molecular flexibility index (Phi) is 8.79. The Morgan fingerprint density at radius 2 is 1.72 bits per heavy atom.